The Morgan fingerprint density at radius 1 is 1.24 bits per heavy atom. The number of rotatable bonds is 2. The van der Waals surface area contributed by atoms with Gasteiger partial charge in [0.05, 0.1) is 12.1 Å². The van der Waals surface area contributed by atoms with Crippen LogP contribution in [0.5, 0.6) is 0 Å². The fourth-order valence-corrected chi connectivity index (χ4v) is 1.64. The molecule has 1 aliphatic heterocycles. The molecule has 0 radical (unpaired) electrons. The molecule has 1 aliphatic rings. The lowest BCUT2D eigenvalue weighted by atomic mass is 10.1. The molecule has 1 heterocycles. The molecule has 0 bridgehead atoms. The molecular weight excluding hydrogens is 257 g/mol. The molecule has 17 heavy (non-hydrogen) atoms. The standard InChI is InChI=1S/C12H17N3.2ClH/c1-12(2)8-14-11(15-12)10-5-3-9(7-13)4-6-10;;/h3-6H,7-8,13H2,1-2H3,(H,14,15);2*1H. The third kappa shape index (κ3) is 3.87. The Kier molecular flexibility index (Phi) is 5.96. The van der Waals surface area contributed by atoms with Crippen LogP contribution in [0.3, 0.4) is 0 Å². The molecule has 0 fully saturated rings. The molecule has 0 saturated heterocycles. The fourth-order valence-electron chi connectivity index (χ4n) is 1.64. The van der Waals surface area contributed by atoms with Gasteiger partial charge in [0.25, 0.3) is 0 Å². The maximum Gasteiger partial charge on any atom is 0.128 e. The average molecular weight is 276 g/mol. The van der Waals surface area contributed by atoms with Crippen LogP contribution in [-0.4, -0.2) is 17.9 Å². The smallest absolute Gasteiger partial charge is 0.128 e. The Morgan fingerprint density at radius 3 is 2.24 bits per heavy atom. The zero-order valence-corrected chi connectivity index (χ0v) is 11.7. The molecule has 1 aromatic carbocycles. The van der Waals surface area contributed by atoms with E-state index in [1.807, 2.05) is 12.1 Å². The van der Waals surface area contributed by atoms with Crippen LogP contribution < -0.4 is 11.1 Å². The molecule has 0 unspecified atom stereocenters. The third-order valence-corrected chi connectivity index (χ3v) is 2.55. The molecule has 3 N–H and O–H groups in total. The van der Waals surface area contributed by atoms with E-state index in [-0.39, 0.29) is 30.4 Å². The van der Waals surface area contributed by atoms with Gasteiger partial charge in [0.15, 0.2) is 0 Å². The van der Waals surface area contributed by atoms with Gasteiger partial charge in [-0.1, -0.05) is 24.3 Å². The topological polar surface area (TPSA) is 50.4 Å². The monoisotopic (exact) mass is 275 g/mol. The van der Waals surface area contributed by atoms with Crippen molar-refractivity contribution in [3.05, 3.63) is 35.4 Å². The summed E-state index contributed by atoms with van der Waals surface area (Å²) in [5.74, 6) is 0.989. The number of nitrogens with zero attached hydrogens (tertiary/aromatic N) is 1. The molecular formula is C12H19Cl2N3. The van der Waals surface area contributed by atoms with Gasteiger partial charge in [-0.3, -0.25) is 4.99 Å². The van der Waals surface area contributed by atoms with Crippen molar-refractivity contribution in [3.63, 3.8) is 0 Å². The van der Waals surface area contributed by atoms with E-state index in [2.05, 4.69) is 36.3 Å². The van der Waals surface area contributed by atoms with E-state index in [0.717, 1.165) is 23.5 Å². The van der Waals surface area contributed by atoms with Gasteiger partial charge in [0.1, 0.15) is 5.84 Å². The number of aliphatic imine (C=N–C) groups is 1. The van der Waals surface area contributed by atoms with Crippen molar-refractivity contribution in [2.75, 3.05) is 6.54 Å². The van der Waals surface area contributed by atoms with Crippen molar-refractivity contribution in [3.8, 4) is 0 Å². The van der Waals surface area contributed by atoms with Crippen LogP contribution in [0.4, 0.5) is 0 Å². The van der Waals surface area contributed by atoms with E-state index in [4.69, 9.17) is 5.73 Å². The van der Waals surface area contributed by atoms with Gasteiger partial charge >= 0.3 is 0 Å². The van der Waals surface area contributed by atoms with Crippen LogP contribution in [0.1, 0.15) is 25.0 Å². The molecule has 5 heteroatoms. The van der Waals surface area contributed by atoms with Gasteiger partial charge in [-0.2, -0.15) is 0 Å². The number of hydrogen-bond acceptors (Lipinski definition) is 3. The number of hydrogen-bond donors (Lipinski definition) is 2. The van der Waals surface area contributed by atoms with E-state index in [1.54, 1.807) is 0 Å². The number of amidine groups is 1. The molecule has 2 rings (SSSR count). The van der Waals surface area contributed by atoms with Crippen LogP contribution >= 0.6 is 24.8 Å². The van der Waals surface area contributed by atoms with E-state index in [1.165, 1.54) is 0 Å². The molecule has 96 valence electrons. The maximum absolute atomic E-state index is 5.55. The molecule has 0 aromatic heterocycles. The predicted molar refractivity (Wildman–Crippen MR) is 77.4 cm³/mol. The van der Waals surface area contributed by atoms with Gasteiger partial charge in [0, 0.05) is 12.1 Å². The molecule has 0 amide bonds. The molecule has 3 nitrogen and oxygen atoms in total. The molecule has 0 atom stereocenters. The van der Waals surface area contributed by atoms with Gasteiger partial charge < -0.3 is 11.1 Å². The summed E-state index contributed by atoms with van der Waals surface area (Å²) in [6.07, 6.45) is 0. The Bertz CT molecular complexity index is 385. The summed E-state index contributed by atoms with van der Waals surface area (Å²) in [6.45, 7) is 5.72. The van der Waals surface area contributed by atoms with Crippen molar-refractivity contribution in [1.29, 1.82) is 0 Å². The summed E-state index contributed by atoms with van der Waals surface area (Å²) in [4.78, 5) is 4.49. The van der Waals surface area contributed by atoms with Crippen molar-refractivity contribution in [2.45, 2.75) is 25.9 Å². The van der Waals surface area contributed by atoms with E-state index in [9.17, 15) is 0 Å². The first-order valence-electron chi connectivity index (χ1n) is 5.23. The molecule has 0 aliphatic carbocycles. The summed E-state index contributed by atoms with van der Waals surface area (Å²) in [5.41, 5.74) is 7.92. The van der Waals surface area contributed by atoms with E-state index in [0.29, 0.717) is 6.54 Å². The first-order valence-corrected chi connectivity index (χ1v) is 5.23. The minimum atomic E-state index is 0. The highest BCUT2D eigenvalue weighted by Crippen LogP contribution is 2.14. The van der Waals surface area contributed by atoms with Gasteiger partial charge in [-0.25, -0.2) is 0 Å². The first kappa shape index (κ1) is 16.2. The van der Waals surface area contributed by atoms with Crippen molar-refractivity contribution < 1.29 is 0 Å². The van der Waals surface area contributed by atoms with Crippen LogP contribution in [0.25, 0.3) is 0 Å². The fraction of sp³-hybridized carbons (Fsp3) is 0.417. The lowest BCUT2D eigenvalue weighted by Crippen LogP contribution is -2.39. The lowest BCUT2D eigenvalue weighted by Gasteiger charge is -2.18. The highest BCUT2D eigenvalue weighted by Gasteiger charge is 2.25. The maximum atomic E-state index is 5.55. The summed E-state index contributed by atoms with van der Waals surface area (Å²) >= 11 is 0. The predicted octanol–water partition coefficient (Wildman–Crippen LogP) is 2.12. The van der Waals surface area contributed by atoms with Crippen molar-refractivity contribution >= 4 is 30.6 Å². The summed E-state index contributed by atoms with van der Waals surface area (Å²) in [6, 6.07) is 8.22. The molecule has 1 aromatic rings. The zero-order chi connectivity index (χ0) is 10.9. The van der Waals surface area contributed by atoms with E-state index >= 15 is 0 Å². The Morgan fingerprint density at radius 2 is 1.82 bits per heavy atom. The first-order chi connectivity index (χ1) is 7.11. The van der Waals surface area contributed by atoms with Gasteiger partial charge in [-0.05, 0) is 19.4 Å². The third-order valence-electron chi connectivity index (χ3n) is 2.55. The largest absolute Gasteiger partial charge is 0.363 e. The minimum Gasteiger partial charge on any atom is -0.363 e. The highest BCUT2D eigenvalue weighted by molar-refractivity contribution is 6.00. The van der Waals surface area contributed by atoms with Crippen LogP contribution in [0.2, 0.25) is 0 Å². The second kappa shape index (κ2) is 6.24. The van der Waals surface area contributed by atoms with Crippen LogP contribution in [0.15, 0.2) is 29.3 Å². The number of nitrogens with two attached hydrogens (primary N) is 1. The Labute approximate surface area is 115 Å². The second-order valence-electron chi connectivity index (χ2n) is 4.57. The molecule has 0 saturated carbocycles. The SMILES string of the molecule is CC1(C)CN=C(c2ccc(CN)cc2)N1.Cl.Cl. The summed E-state index contributed by atoms with van der Waals surface area (Å²) < 4.78 is 0. The summed E-state index contributed by atoms with van der Waals surface area (Å²) in [5, 5.41) is 3.40. The van der Waals surface area contributed by atoms with Crippen molar-refractivity contribution in [1.82, 2.24) is 5.32 Å². The van der Waals surface area contributed by atoms with Crippen LogP contribution in [-0.2, 0) is 6.54 Å². The zero-order valence-electron chi connectivity index (χ0n) is 10.1. The highest BCUT2D eigenvalue weighted by atomic mass is 35.5. The summed E-state index contributed by atoms with van der Waals surface area (Å²) in [7, 11) is 0. The van der Waals surface area contributed by atoms with Gasteiger partial charge in [-0.15, -0.1) is 24.8 Å². The number of halogens is 2. The quantitative estimate of drug-likeness (QED) is 0.869. The number of nitrogens with one attached hydrogen (secondary N) is 1. The average Bonchev–Trinajstić information content (AvgIpc) is 2.59. The minimum absolute atomic E-state index is 0. The van der Waals surface area contributed by atoms with Crippen molar-refractivity contribution in [2.24, 2.45) is 10.7 Å². The lowest BCUT2D eigenvalue weighted by molar-refractivity contribution is 0.506. The normalized spacial score (nSPS) is 16.3. The Hall–Kier alpha value is -0.770. The van der Waals surface area contributed by atoms with E-state index < -0.39 is 0 Å². The van der Waals surface area contributed by atoms with Crippen LogP contribution in [0, 0.1) is 0 Å². The second-order valence-corrected chi connectivity index (χ2v) is 4.57. The molecule has 0 spiro atoms. The number of benzene rings is 1. The Balaban J connectivity index is 0.00000128. The van der Waals surface area contributed by atoms with Gasteiger partial charge in [0.2, 0.25) is 0 Å².